The van der Waals surface area contributed by atoms with Crippen LogP contribution in [0.25, 0.3) is 10.9 Å². The van der Waals surface area contributed by atoms with Crippen molar-refractivity contribution >= 4 is 27.9 Å². The van der Waals surface area contributed by atoms with E-state index in [2.05, 4.69) is 4.98 Å². The first-order valence-electron chi connectivity index (χ1n) is 5.52. The highest BCUT2D eigenvalue weighted by molar-refractivity contribution is 7.07. The van der Waals surface area contributed by atoms with E-state index < -0.39 is 0 Å². The summed E-state index contributed by atoms with van der Waals surface area (Å²) in [6.45, 7) is 0.524. The molecule has 0 unspecified atom stereocenters. The van der Waals surface area contributed by atoms with Crippen molar-refractivity contribution in [1.29, 1.82) is 0 Å². The smallest absolute Gasteiger partial charge is 0.307 e. The molecule has 2 heterocycles. The van der Waals surface area contributed by atoms with Gasteiger partial charge in [0.1, 0.15) is 0 Å². The number of thiazole rings is 1. The Bertz CT molecular complexity index is 760. The highest BCUT2D eigenvalue weighted by Crippen LogP contribution is 2.22. The number of nitrogens with zero attached hydrogens (tertiary/aromatic N) is 2. The molecule has 2 N–H and O–H groups in total. The van der Waals surface area contributed by atoms with Crippen molar-refractivity contribution in [2.24, 2.45) is 0 Å². The first kappa shape index (κ1) is 11.0. The fourth-order valence-corrected chi connectivity index (χ4v) is 2.56. The maximum absolute atomic E-state index is 11.6. The number of anilines is 1. The van der Waals surface area contributed by atoms with Crippen molar-refractivity contribution in [3.05, 3.63) is 57.3 Å². The van der Waals surface area contributed by atoms with Crippen molar-refractivity contribution in [2.75, 3.05) is 5.73 Å². The van der Waals surface area contributed by atoms with E-state index in [0.29, 0.717) is 12.2 Å². The van der Waals surface area contributed by atoms with E-state index in [1.165, 1.54) is 11.3 Å². The Morgan fingerprint density at radius 3 is 3.00 bits per heavy atom. The number of aromatic nitrogens is 2. The van der Waals surface area contributed by atoms with Gasteiger partial charge >= 0.3 is 4.87 Å². The number of nitrogen functional groups attached to an aromatic ring is 1. The molecule has 0 atom stereocenters. The van der Waals surface area contributed by atoms with Crippen molar-refractivity contribution in [3.8, 4) is 0 Å². The molecule has 18 heavy (non-hydrogen) atoms. The number of rotatable bonds is 2. The molecule has 0 bridgehead atoms. The van der Waals surface area contributed by atoms with E-state index in [1.807, 2.05) is 24.3 Å². The zero-order chi connectivity index (χ0) is 12.5. The number of pyridine rings is 1. The predicted molar refractivity (Wildman–Crippen MR) is 73.8 cm³/mol. The Morgan fingerprint density at radius 2 is 2.22 bits per heavy atom. The Kier molecular flexibility index (Phi) is 2.60. The summed E-state index contributed by atoms with van der Waals surface area (Å²) in [4.78, 5) is 16.0. The molecule has 0 radical (unpaired) electrons. The van der Waals surface area contributed by atoms with Gasteiger partial charge < -0.3 is 10.3 Å². The number of hydrogen-bond donors (Lipinski definition) is 1. The average molecular weight is 257 g/mol. The molecule has 2 aromatic heterocycles. The van der Waals surface area contributed by atoms with Crippen LogP contribution < -0.4 is 10.6 Å². The first-order chi connectivity index (χ1) is 8.75. The van der Waals surface area contributed by atoms with Gasteiger partial charge in [0.25, 0.3) is 0 Å². The van der Waals surface area contributed by atoms with Gasteiger partial charge in [0.05, 0.1) is 12.1 Å². The average Bonchev–Trinajstić information content (AvgIpc) is 2.79. The number of hydrogen-bond acceptors (Lipinski definition) is 4. The summed E-state index contributed by atoms with van der Waals surface area (Å²) in [7, 11) is 0. The molecule has 0 aliphatic rings. The summed E-state index contributed by atoms with van der Waals surface area (Å²) >= 11 is 1.19. The molecule has 0 fully saturated rings. The number of nitrogens with two attached hydrogens (primary N) is 1. The molecule has 0 aliphatic carbocycles. The standard InChI is InChI=1S/C13H11N3OS/c14-11-4-3-9(8-16-6-7-18-13(16)17)12-10(11)2-1-5-15-12/h1-7H,8,14H2. The third-order valence-electron chi connectivity index (χ3n) is 2.87. The lowest BCUT2D eigenvalue weighted by Gasteiger charge is -2.08. The van der Waals surface area contributed by atoms with Gasteiger partial charge in [-0.2, -0.15) is 0 Å². The largest absolute Gasteiger partial charge is 0.398 e. The molecule has 0 aliphatic heterocycles. The van der Waals surface area contributed by atoms with Crippen LogP contribution in [0.2, 0.25) is 0 Å². The van der Waals surface area contributed by atoms with Crippen LogP contribution in [0, 0.1) is 0 Å². The van der Waals surface area contributed by atoms with Crippen molar-refractivity contribution < 1.29 is 0 Å². The molecule has 1 aromatic carbocycles. The van der Waals surface area contributed by atoms with Gasteiger partial charge in [-0.25, -0.2) is 0 Å². The van der Waals surface area contributed by atoms with Gasteiger partial charge in [0.2, 0.25) is 0 Å². The number of benzene rings is 1. The molecule has 0 saturated carbocycles. The lowest BCUT2D eigenvalue weighted by molar-refractivity contribution is 0.788. The summed E-state index contributed by atoms with van der Waals surface area (Å²) in [6, 6.07) is 7.59. The zero-order valence-electron chi connectivity index (χ0n) is 9.54. The quantitative estimate of drug-likeness (QED) is 0.715. The third kappa shape index (κ3) is 1.78. The van der Waals surface area contributed by atoms with Gasteiger partial charge in [0, 0.05) is 28.8 Å². The van der Waals surface area contributed by atoms with E-state index in [0.717, 1.165) is 16.5 Å². The van der Waals surface area contributed by atoms with Crippen LogP contribution >= 0.6 is 11.3 Å². The van der Waals surface area contributed by atoms with Gasteiger partial charge in [-0.1, -0.05) is 17.4 Å². The van der Waals surface area contributed by atoms with Crippen LogP contribution in [0.4, 0.5) is 5.69 Å². The molecule has 5 heteroatoms. The summed E-state index contributed by atoms with van der Waals surface area (Å²) in [6.07, 6.45) is 3.53. The maximum atomic E-state index is 11.6. The summed E-state index contributed by atoms with van der Waals surface area (Å²) < 4.78 is 1.67. The fraction of sp³-hybridized carbons (Fsp3) is 0.0769. The molecule has 3 rings (SSSR count). The Hall–Kier alpha value is -2.14. The second kappa shape index (κ2) is 4.27. The van der Waals surface area contributed by atoms with Crippen LogP contribution in [-0.2, 0) is 6.54 Å². The third-order valence-corrected chi connectivity index (χ3v) is 3.57. The lowest BCUT2D eigenvalue weighted by Crippen LogP contribution is -2.13. The van der Waals surface area contributed by atoms with Crippen LogP contribution in [0.15, 0.2) is 46.8 Å². The monoisotopic (exact) mass is 257 g/mol. The van der Waals surface area contributed by atoms with E-state index in [9.17, 15) is 4.79 Å². The normalized spacial score (nSPS) is 10.9. The maximum Gasteiger partial charge on any atom is 0.307 e. The van der Waals surface area contributed by atoms with Gasteiger partial charge in [-0.05, 0) is 23.8 Å². The molecule has 0 amide bonds. The summed E-state index contributed by atoms with van der Waals surface area (Å²) in [5, 5.41) is 2.72. The molecular formula is C13H11N3OS. The Labute approximate surface area is 107 Å². The summed E-state index contributed by atoms with van der Waals surface area (Å²) in [5.41, 5.74) is 8.49. The Balaban J connectivity index is 2.16. The minimum absolute atomic E-state index is 0.0379. The van der Waals surface area contributed by atoms with E-state index >= 15 is 0 Å². The molecule has 0 saturated heterocycles. The highest BCUT2D eigenvalue weighted by Gasteiger charge is 2.06. The van der Waals surface area contributed by atoms with E-state index in [4.69, 9.17) is 5.73 Å². The second-order valence-corrected chi connectivity index (χ2v) is 4.87. The highest BCUT2D eigenvalue weighted by atomic mass is 32.1. The van der Waals surface area contributed by atoms with Crippen molar-refractivity contribution in [3.63, 3.8) is 0 Å². The lowest BCUT2D eigenvalue weighted by atomic mass is 10.1. The van der Waals surface area contributed by atoms with E-state index in [1.54, 1.807) is 22.3 Å². The van der Waals surface area contributed by atoms with E-state index in [-0.39, 0.29) is 4.87 Å². The van der Waals surface area contributed by atoms with Crippen molar-refractivity contribution in [2.45, 2.75) is 6.54 Å². The SMILES string of the molecule is Nc1ccc(Cn2ccsc2=O)c2ncccc12. The van der Waals surface area contributed by atoms with Crippen LogP contribution in [0.1, 0.15) is 5.56 Å². The van der Waals surface area contributed by atoms with Crippen LogP contribution in [-0.4, -0.2) is 9.55 Å². The molecule has 90 valence electrons. The fourth-order valence-electron chi connectivity index (χ4n) is 1.97. The molecular weight excluding hydrogens is 246 g/mol. The van der Waals surface area contributed by atoms with Crippen LogP contribution in [0.3, 0.4) is 0 Å². The summed E-state index contributed by atoms with van der Waals surface area (Å²) in [5.74, 6) is 0. The number of fused-ring (bicyclic) bond motifs is 1. The van der Waals surface area contributed by atoms with Gasteiger partial charge in [0.15, 0.2) is 0 Å². The second-order valence-electron chi connectivity index (χ2n) is 4.01. The Morgan fingerprint density at radius 1 is 1.33 bits per heavy atom. The minimum atomic E-state index is 0.0379. The van der Waals surface area contributed by atoms with Gasteiger partial charge in [-0.3, -0.25) is 9.78 Å². The molecule has 0 spiro atoms. The topological polar surface area (TPSA) is 60.9 Å². The zero-order valence-corrected chi connectivity index (χ0v) is 10.4. The van der Waals surface area contributed by atoms with Crippen molar-refractivity contribution in [1.82, 2.24) is 9.55 Å². The first-order valence-corrected chi connectivity index (χ1v) is 6.40. The van der Waals surface area contributed by atoms with Crippen LogP contribution in [0.5, 0.6) is 0 Å². The molecule has 3 aromatic rings. The van der Waals surface area contributed by atoms with Gasteiger partial charge in [-0.15, -0.1) is 0 Å². The predicted octanol–water partition coefficient (Wildman–Crippen LogP) is 2.09. The minimum Gasteiger partial charge on any atom is -0.398 e. The molecule has 4 nitrogen and oxygen atoms in total.